The standard InChI is InChI=1S/C11H16ClNO2/c1-8(13-6-11(15)7-14)9-2-4-10(12)5-3-9/h2-5,8,11,13-15H,6-7H2,1H3/t8-,11+/m1/s1. The summed E-state index contributed by atoms with van der Waals surface area (Å²) in [7, 11) is 0. The highest BCUT2D eigenvalue weighted by molar-refractivity contribution is 6.30. The van der Waals surface area contributed by atoms with Crippen molar-refractivity contribution in [1.29, 1.82) is 0 Å². The maximum Gasteiger partial charge on any atom is 0.0895 e. The number of nitrogens with one attached hydrogen (secondary N) is 1. The molecular weight excluding hydrogens is 214 g/mol. The van der Waals surface area contributed by atoms with Crippen molar-refractivity contribution in [1.82, 2.24) is 5.32 Å². The second-order valence-corrected chi connectivity index (χ2v) is 3.95. The molecule has 3 N–H and O–H groups in total. The molecule has 0 amide bonds. The zero-order chi connectivity index (χ0) is 11.3. The average molecular weight is 230 g/mol. The van der Waals surface area contributed by atoms with Crippen molar-refractivity contribution in [3.63, 3.8) is 0 Å². The van der Waals surface area contributed by atoms with Crippen LogP contribution in [0.25, 0.3) is 0 Å². The Kier molecular flexibility index (Phi) is 5.05. The largest absolute Gasteiger partial charge is 0.394 e. The molecule has 0 saturated carbocycles. The van der Waals surface area contributed by atoms with E-state index in [0.717, 1.165) is 5.56 Å². The molecule has 0 aliphatic rings. The molecule has 3 nitrogen and oxygen atoms in total. The number of halogens is 1. The number of hydrogen-bond donors (Lipinski definition) is 3. The van der Waals surface area contributed by atoms with Crippen LogP contribution in [0, 0.1) is 0 Å². The van der Waals surface area contributed by atoms with Gasteiger partial charge in [-0.05, 0) is 24.6 Å². The molecule has 0 bridgehead atoms. The lowest BCUT2D eigenvalue weighted by Gasteiger charge is -2.16. The third-order valence-corrected chi connectivity index (χ3v) is 2.49. The minimum absolute atomic E-state index is 0.128. The van der Waals surface area contributed by atoms with E-state index >= 15 is 0 Å². The van der Waals surface area contributed by atoms with Crippen LogP contribution in [-0.4, -0.2) is 29.5 Å². The first-order valence-corrected chi connectivity index (χ1v) is 5.29. The molecule has 0 spiro atoms. The van der Waals surface area contributed by atoms with Gasteiger partial charge < -0.3 is 15.5 Å². The lowest BCUT2D eigenvalue weighted by molar-refractivity contribution is 0.0924. The summed E-state index contributed by atoms with van der Waals surface area (Å²) in [5.74, 6) is 0. The third kappa shape index (κ3) is 4.18. The number of benzene rings is 1. The van der Waals surface area contributed by atoms with Crippen LogP contribution in [0.2, 0.25) is 5.02 Å². The van der Waals surface area contributed by atoms with Gasteiger partial charge in [0.1, 0.15) is 0 Å². The summed E-state index contributed by atoms with van der Waals surface area (Å²) in [4.78, 5) is 0. The summed E-state index contributed by atoms with van der Waals surface area (Å²) in [5.41, 5.74) is 1.10. The molecule has 15 heavy (non-hydrogen) atoms. The van der Waals surface area contributed by atoms with Gasteiger partial charge in [-0.25, -0.2) is 0 Å². The summed E-state index contributed by atoms with van der Waals surface area (Å²) < 4.78 is 0. The normalized spacial score (nSPS) is 14.9. The van der Waals surface area contributed by atoms with Crippen LogP contribution in [0.4, 0.5) is 0 Å². The summed E-state index contributed by atoms with van der Waals surface area (Å²) in [6.45, 7) is 2.15. The Morgan fingerprint density at radius 1 is 1.33 bits per heavy atom. The van der Waals surface area contributed by atoms with Crippen LogP contribution in [0.3, 0.4) is 0 Å². The van der Waals surface area contributed by atoms with Gasteiger partial charge in [-0.3, -0.25) is 0 Å². The van der Waals surface area contributed by atoms with Gasteiger partial charge in [0.15, 0.2) is 0 Å². The lowest BCUT2D eigenvalue weighted by atomic mass is 10.1. The number of aliphatic hydroxyl groups excluding tert-OH is 2. The van der Waals surface area contributed by atoms with E-state index in [1.165, 1.54) is 0 Å². The van der Waals surface area contributed by atoms with Crippen molar-refractivity contribution >= 4 is 11.6 Å². The van der Waals surface area contributed by atoms with Crippen molar-refractivity contribution in [3.05, 3.63) is 34.9 Å². The molecule has 1 aromatic rings. The van der Waals surface area contributed by atoms with E-state index in [-0.39, 0.29) is 12.6 Å². The quantitative estimate of drug-likeness (QED) is 0.715. The van der Waals surface area contributed by atoms with E-state index in [1.54, 1.807) is 0 Å². The molecule has 0 saturated heterocycles. The Labute approximate surface area is 94.7 Å². The number of hydrogen-bond acceptors (Lipinski definition) is 3. The summed E-state index contributed by atoms with van der Waals surface area (Å²) >= 11 is 5.77. The molecule has 0 radical (unpaired) electrons. The molecule has 0 fully saturated rings. The van der Waals surface area contributed by atoms with Gasteiger partial charge in [0, 0.05) is 17.6 Å². The zero-order valence-corrected chi connectivity index (χ0v) is 9.41. The molecule has 0 aromatic heterocycles. The maximum atomic E-state index is 9.16. The first-order valence-electron chi connectivity index (χ1n) is 4.91. The van der Waals surface area contributed by atoms with Crippen molar-refractivity contribution in [2.45, 2.75) is 19.1 Å². The van der Waals surface area contributed by atoms with E-state index in [2.05, 4.69) is 5.32 Å². The maximum absolute atomic E-state index is 9.16. The molecule has 0 aliphatic heterocycles. The monoisotopic (exact) mass is 229 g/mol. The van der Waals surface area contributed by atoms with Gasteiger partial charge in [-0.15, -0.1) is 0 Å². The van der Waals surface area contributed by atoms with Crippen LogP contribution in [0.5, 0.6) is 0 Å². The van der Waals surface area contributed by atoms with Gasteiger partial charge in [-0.2, -0.15) is 0 Å². The van der Waals surface area contributed by atoms with Crippen LogP contribution in [-0.2, 0) is 0 Å². The predicted molar refractivity (Wildman–Crippen MR) is 61.0 cm³/mol. The number of aliphatic hydroxyl groups is 2. The van der Waals surface area contributed by atoms with Crippen LogP contribution in [0.1, 0.15) is 18.5 Å². The lowest BCUT2D eigenvalue weighted by Crippen LogP contribution is -2.31. The second-order valence-electron chi connectivity index (χ2n) is 3.52. The second kappa shape index (κ2) is 6.08. The van der Waals surface area contributed by atoms with Gasteiger partial charge in [0.25, 0.3) is 0 Å². The Morgan fingerprint density at radius 3 is 2.47 bits per heavy atom. The summed E-state index contributed by atoms with van der Waals surface area (Å²) in [6, 6.07) is 7.66. The van der Waals surface area contributed by atoms with Gasteiger partial charge in [0.05, 0.1) is 12.7 Å². The van der Waals surface area contributed by atoms with Crippen molar-refractivity contribution in [2.75, 3.05) is 13.2 Å². The van der Waals surface area contributed by atoms with E-state index in [0.29, 0.717) is 11.6 Å². The van der Waals surface area contributed by atoms with Gasteiger partial charge >= 0.3 is 0 Å². The SMILES string of the molecule is C[C@@H](NC[C@H](O)CO)c1ccc(Cl)cc1. The third-order valence-electron chi connectivity index (χ3n) is 2.24. The molecule has 1 aromatic carbocycles. The van der Waals surface area contributed by atoms with E-state index in [9.17, 15) is 0 Å². The first-order chi connectivity index (χ1) is 7.13. The topological polar surface area (TPSA) is 52.5 Å². The Bertz CT molecular complexity index is 289. The molecule has 0 aliphatic carbocycles. The summed E-state index contributed by atoms with van der Waals surface area (Å²) in [5, 5.41) is 21.6. The minimum atomic E-state index is -0.709. The molecular formula is C11H16ClNO2. The fourth-order valence-corrected chi connectivity index (χ4v) is 1.37. The van der Waals surface area contributed by atoms with Crippen LogP contribution in [0.15, 0.2) is 24.3 Å². The smallest absolute Gasteiger partial charge is 0.0895 e. The average Bonchev–Trinajstić information content (AvgIpc) is 2.26. The highest BCUT2D eigenvalue weighted by atomic mass is 35.5. The number of rotatable bonds is 5. The van der Waals surface area contributed by atoms with Crippen molar-refractivity contribution in [3.8, 4) is 0 Å². The van der Waals surface area contributed by atoms with Crippen molar-refractivity contribution < 1.29 is 10.2 Å². The fraction of sp³-hybridized carbons (Fsp3) is 0.455. The van der Waals surface area contributed by atoms with E-state index in [4.69, 9.17) is 21.8 Å². The first kappa shape index (κ1) is 12.5. The van der Waals surface area contributed by atoms with Gasteiger partial charge in [-0.1, -0.05) is 23.7 Å². The Balaban J connectivity index is 2.46. The van der Waals surface area contributed by atoms with Gasteiger partial charge in [0.2, 0.25) is 0 Å². The fourth-order valence-electron chi connectivity index (χ4n) is 1.25. The summed E-state index contributed by atoms with van der Waals surface area (Å²) in [6.07, 6.45) is -0.709. The van der Waals surface area contributed by atoms with E-state index in [1.807, 2.05) is 31.2 Å². The molecule has 4 heteroatoms. The molecule has 2 atom stereocenters. The van der Waals surface area contributed by atoms with Crippen molar-refractivity contribution in [2.24, 2.45) is 0 Å². The molecule has 0 unspecified atom stereocenters. The highest BCUT2D eigenvalue weighted by Crippen LogP contribution is 2.15. The Morgan fingerprint density at radius 2 is 1.93 bits per heavy atom. The molecule has 1 rings (SSSR count). The van der Waals surface area contributed by atoms with Crippen LogP contribution >= 0.6 is 11.6 Å². The zero-order valence-electron chi connectivity index (χ0n) is 8.65. The minimum Gasteiger partial charge on any atom is -0.394 e. The highest BCUT2D eigenvalue weighted by Gasteiger charge is 2.07. The van der Waals surface area contributed by atoms with E-state index < -0.39 is 6.10 Å². The molecule has 84 valence electrons. The predicted octanol–water partition coefficient (Wildman–Crippen LogP) is 1.34. The van der Waals surface area contributed by atoms with Crippen LogP contribution < -0.4 is 5.32 Å². The Hall–Kier alpha value is -0.610. The molecule has 0 heterocycles.